The zero-order valence-electron chi connectivity index (χ0n) is 20.7. The van der Waals surface area contributed by atoms with E-state index in [1.54, 1.807) is 26.0 Å². The molecule has 2 N–H and O–H groups in total. The minimum absolute atomic E-state index is 0.233. The van der Waals surface area contributed by atoms with Crippen molar-refractivity contribution in [3.8, 4) is 0 Å². The average Bonchev–Trinajstić information content (AvgIpc) is 2.68. The fourth-order valence-electron chi connectivity index (χ4n) is 3.25. The third kappa shape index (κ3) is 7.52. The second-order valence-electron chi connectivity index (χ2n) is 10.3. The van der Waals surface area contributed by atoms with Crippen LogP contribution in [0, 0.1) is 0 Å². The number of ether oxygens (including phenoxy) is 2. The Labute approximate surface area is 192 Å². The van der Waals surface area contributed by atoms with E-state index in [9.17, 15) is 15.0 Å². The van der Waals surface area contributed by atoms with Gasteiger partial charge in [0.1, 0.15) is 0 Å². The van der Waals surface area contributed by atoms with Crippen LogP contribution in [0.25, 0.3) is 0 Å². The van der Waals surface area contributed by atoms with E-state index < -0.39 is 12.2 Å². The van der Waals surface area contributed by atoms with Gasteiger partial charge in [0.15, 0.2) is 5.78 Å². The largest absolute Gasteiger partial charge is 0.389 e. The molecule has 2 atom stereocenters. The SMILES string of the molecule is C[C@H](O)c1cc(COC(C)(C)C)ccc1C(=O)c1ccc(COC(C)(C)C)cc1[C@H](C)O. The van der Waals surface area contributed by atoms with Crippen LogP contribution in [0.2, 0.25) is 0 Å². The number of carbonyl (C=O) groups excluding carboxylic acids is 1. The summed E-state index contributed by atoms with van der Waals surface area (Å²) in [6, 6.07) is 10.8. The summed E-state index contributed by atoms with van der Waals surface area (Å²) in [4.78, 5) is 13.5. The molecule has 2 aromatic rings. The number of carbonyl (C=O) groups is 1. The highest BCUT2D eigenvalue weighted by Crippen LogP contribution is 2.28. The molecule has 0 aliphatic rings. The van der Waals surface area contributed by atoms with Crippen molar-refractivity contribution in [2.45, 2.75) is 92.0 Å². The van der Waals surface area contributed by atoms with Gasteiger partial charge in [0.2, 0.25) is 0 Å². The summed E-state index contributed by atoms with van der Waals surface area (Å²) in [5.74, 6) is -0.233. The predicted molar refractivity (Wildman–Crippen MR) is 127 cm³/mol. The second kappa shape index (κ2) is 10.3. The number of ketones is 1. The average molecular weight is 443 g/mol. The minimum atomic E-state index is -0.821. The van der Waals surface area contributed by atoms with Gasteiger partial charge in [-0.25, -0.2) is 0 Å². The Balaban J connectivity index is 2.40. The van der Waals surface area contributed by atoms with Crippen LogP contribution in [0.4, 0.5) is 0 Å². The van der Waals surface area contributed by atoms with E-state index in [0.29, 0.717) is 35.5 Å². The van der Waals surface area contributed by atoms with Gasteiger partial charge >= 0.3 is 0 Å². The standard InChI is InChI=1S/C27H38O5/c1-17(28)23-13-19(15-31-26(3,4)5)9-11-21(23)25(30)22-12-10-20(14-24(22)18(2)29)16-32-27(6,7)8/h9-14,17-18,28-29H,15-16H2,1-8H3/t17-,18-/m0/s1. The Hall–Kier alpha value is -2.05. The van der Waals surface area contributed by atoms with Crippen LogP contribution in [-0.2, 0) is 22.7 Å². The van der Waals surface area contributed by atoms with Crippen molar-refractivity contribution < 1.29 is 24.5 Å². The normalized spacial score (nSPS) is 14.3. The Morgan fingerprint density at radius 3 is 1.38 bits per heavy atom. The molecule has 0 saturated heterocycles. The molecule has 0 aliphatic carbocycles. The van der Waals surface area contributed by atoms with Gasteiger partial charge in [-0.1, -0.05) is 36.4 Å². The number of hydrogen-bond acceptors (Lipinski definition) is 5. The molecule has 0 unspecified atom stereocenters. The maximum Gasteiger partial charge on any atom is 0.193 e. The number of rotatable bonds is 8. The zero-order valence-corrected chi connectivity index (χ0v) is 20.7. The summed E-state index contributed by atoms with van der Waals surface area (Å²) >= 11 is 0. The molecule has 0 radical (unpaired) electrons. The van der Waals surface area contributed by atoms with Crippen LogP contribution in [-0.4, -0.2) is 27.2 Å². The van der Waals surface area contributed by atoms with E-state index in [4.69, 9.17) is 9.47 Å². The van der Waals surface area contributed by atoms with Crippen LogP contribution >= 0.6 is 0 Å². The molecule has 0 saturated carbocycles. The van der Waals surface area contributed by atoms with Crippen LogP contribution < -0.4 is 0 Å². The lowest BCUT2D eigenvalue weighted by molar-refractivity contribution is -0.0153. The highest BCUT2D eigenvalue weighted by molar-refractivity contribution is 6.11. The Morgan fingerprint density at radius 2 is 1.09 bits per heavy atom. The topological polar surface area (TPSA) is 76.0 Å². The molecule has 5 nitrogen and oxygen atoms in total. The van der Waals surface area contributed by atoms with Crippen LogP contribution in [0.15, 0.2) is 36.4 Å². The molecular weight excluding hydrogens is 404 g/mol. The monoisotopic (exact) mass is 442 g/mol. The first-order valence-electron chi connectivity index (χ1n) is 11.1. The summed E-state index contributed by atoms with van der Waals surface area (Å²) in [5.41, 5.74) is 3.12. The third-order valence-corrected chi connectivity index (χ3v) is 4.97. The van der Waals surface area contributed by atoms with Crippen molar-refractivity contribution >= 4 is 5.78 Å². The summed E-state index contributed by atoms with van der Waals surface area (Å²) in [7, 11) is 0. The van der Waals surface area contributed by atoms with Gasteiger partial charge in [-0.2, -0.15) is 0 Å². The van der Waals surface area contributed by atoms with Gasteiger partial charge in [-0.15, -0.1) is 0 Å². The van der Waals surface area contributed by atoms with Gasteiger partial charge in [0.25, 0.3) is 0 Å². The van der Waals surface area contributed by atoms with Gasteiger partial charge in [-0.3, -0.25) is 4.79 Å². The molecule has 176 valence electrons. The molecule has 0 amide bonds. The van der Waals surface area contributed by atoms with Crippen molar-refractivity contribution in [1.82, 2.24) is 0 Å². The molecule has 0 aromatic heterocycles. The molecule has 2 aromatic carbocycles. The minimum Gasteiger partial charge on any atom is -0.389 e. The van der Waals surface area contributed by atoms with Crippen LogP contribution in [0.1, 0.15) is 106 Å². The predicted octanol–water partition coefficient (Wildman–Crippen LogP) is 5.65. The van der Waals surface area contributed by atoms with Crippen LogP contribution in [0.3, 0.4) is 0 Å². The van der Waals surface area contributed by atoms with E-state index in [1.165, 1.54) is 0 Å². The molecular formula is C27H38O5. The summed E-state index contributed by atoms with van der Waals surface area (Å²) < 4.78 is 11.7. The Bertz CT molecular complexity index is 855. The van der Waals surface area contributed by atoms with E-state index in [2.05, 4.69) is 0 Å². The van der Waals surface area contributed by atoms with E-state index in [1.807, 2.05) is 65.8 Å². The van der Waals surface area contributed by atoms with Crippen molar-refractivity contribution in [2.24, 2.45) is 0 Å². The lowest BCUT2D eigenvalue weighted by Gasteiger charge is -2.21. The molecule has 2 rings (SSSR count). The summed E-state index contributed by atoms with van der Waals surface area (Å²) in [5, 5.41) is 20.7. The summed E-state index contributed by atoms with van der Waals surface area (Å²) in [6.07, 6.45) is -1.64. The first-order chi connectivity index (χ1) is 14.7. The molecule has 32 heavy (non-hydrogen) atoms. The fourth-order valence-corrected chi connectivity index (χ4v) is 3.25. The first-order valence-corrected chi connectivity index (χ1v) is 11.1. The molecule has 0 spiro atoms. The lowest BCUT2D eigenvalue weighted by Crippen LogP contribution is -2.19. The number of hydrogen-bond donors (Lipinski definition) is 2. The van der Waals surface area contributed by atoms with Crippen molar-refractivity contribution in [1.29, 1.82) is 0 Å². The quantitative estimate of drug-likeness (QED) is 0.516. The van der Waals surface area contributed by atoms with Gasteiger partial charge in [-0.05, 0) is 77.6 Å². The number of aliphatic hydroxyl groups excluding tert-OH is 2. The molecule has 0 bridgehead atoms. The van der Waals surface area contributed by atoms with Crippen molar-refractivity contribution in [2.75, 3.05) is 0 Å². The second-order valence-corrected chi connectivity index (χ2v) is 10.3. The molecule has 5 heteroatoms. The third-order valence-electron chi connectivity index (χ3n) is 4.97. The van der Waals surface area contributed by atoms with Gasteiger partial charge in [0, 0.05) is 11.1 Å². The first kappa shape index (κ1) is 26.2. The van der Waals surface area contributed by atoms with Gasteiger partial charge < -0.3 is 19.7 Å². The van der Waals surface area contributed by atoms with E-state index >= 15 is 0 Å². The molecule has 0 heterocycles. The van der Waals surface area contributed by atoms with Crippen molar-refractivity contribution in [3.63, 3.8) is 0 Å². The highest BCUT2D eigenvalue weighted by atomic mass is 16.5. The number of benzene rings is 2. The highest BCUT2D eigenvalue weighted by Gasteiger charge is 2.22. The molecule has 0 fully saturated rings. The number of aliphatic hydroxyl groups is 2. The Kier molecular flexibility index (Phi) is 8.40. The maximum atomic E-state index is 13.5. The maximum absolute atomic E-state index is 13.5. The van der Waals surface area contributed by atoms with Crippen LogP contribution in [0.5, 0.6) is 0 Å². The molecule has 0 aliphatic heterocycles. The van der Waals surface area contributed by atoms with Gasteiger partial charge in [0.05, 0.1) is 36.6 Å². The zero-order chi connectivity index (χ0) is 24.3. The smallest absolute Gasteiger partial charge is 0.193 e. The summed E-state index contributed by atoms with van der Waals surface area (Å²) in [6.45, 7) is 15.9. The van der Waals surface area contributed by atoms with E-state index in [-0.39, 0.29) is 17.0 Å². The van der Waals surface area contributed by atoms with E-state index in [0.717, 1.165) is 11.1 Å². The van der Waals surface area contributed by atoms with Crippen molar-refractivity contribution in [3.05, 3.63) is 69.8 Å². The lowest BCUT2D eigenvalue weighted by atomic mass is 9.90. The fraction of sp³-hybridized carbons (Fsp3) is 0.519. The Morgan fingerprint density at radius 1 is 0.750 bits per heavy atom.